The summed E-state index contributed by atoms with van der Waals surface area (Å²) in [6.45, 7) is 6.40. The molecule has 5 rings (SSSR count). The molecule has 3 aromatic carbocycles. The average Bonchev–Trinajstić information content (AvgIpc) is 3.18. The first-order chi connectivity index (χ1) is 16.7. The lowest BCUT2D eigenvalue weighted by Crippen LogP contribution is -2.43. The molecular weight excluding hydrogens is 440 g/mol. The molecule has 6 nitrogen and oxygen atoms in total. The number of nitrogens with one attached hydrogen (secondary N) is 1. The van der Waals surface area contributed by atoms with Crippen LogP contribution in [-0.4, -0.2) is 24.7 Å². The molecule has 0 heterocycles. The molecule has 2 fully saturated rings. The Kier molecular flexibility index (Phi) is 5.42. The highest BCUT2D eigenvalue weighted by molar-refractivity contribution is 6.09. The minimum absolute atomic E-state index is 0.00532. The Hall–Kier alpha value is -3.67. The van der Waals surface area contributed by atoms with Gasteiger partial charge in [-0.05, 0) is 54.0 Å². The maximum absolute atomic E-state index is 13.9. The zero-order valence-corrected chi connectivity index (χ0v) is 20.6. The Morgan fingerprint density at radius 2 is 1.63 bits per heavy atom. The van der Waals surface area contributed by atoms with E-state index in [4.69, 9.17) is 9.57 Å². The first-order valence-corrected chi connectivity index (χ1v) is 11.9. The largest absolute Gasteiger partial charge is 0.497 e. The number of ether oxygens (including phenoxy) is 1. The second kappa shape index (κ2) is 8.22. The summed E-state index contributed by atoms with van der Waals surface area (Å²) in [5, 5.41) is 9.65. The molecule has 35 heavy (non-hydrogen) atoms. The Morgan fingerprint density at radius 3 is 2.37 bits per heavy atom. The molecule has 2 unspecified atom stereocenters. The molecule has 0 radical (unpaired) electrons. The quantitative estimate of drug-likeness (QED) is 0.355. The molecule has 0 aliphatic heterocycles. The fraction of sp³-hybridized carbons (Fsp3) is 0.345. The molecule has 0 spiro atoms. The van der Waals surface area contributed by atoms with Crippen LogP contribution in [-0.2, 0) is 9.63 Å². The number of carbonyl (C=O) groups is 2. The number of rotatable bonds is 5. The van der Waals surface area contributed by atoms with E-state index < -0.39 is 11.4 Å². The third-order valence-corrected chi connectivity index (χ3v) is 8.77. The van der Waals surface area contributed by atoms with Gasteiger partial charge in [0.2, 0.25) is 5.91 Å². The fourth-order valence-corrected chi connectivity index (χ4v) is 5.98. The van der Waals surface area contributed by atoms with E-state index in [1.807, 2.05) is 42.5 Å². The molecule has 2 aliphatic carbocycles. The van der Waals surface area contributed by atoms with Crippen LogP contribution >= 0.6 is 0 Å². The SMILES string of the molecule is COc1ccc(C(=O)ON=C2CC3(C(=O)Nc4cccc5ccccc45)CCC2(C)C3(C)C)cc1. The predicted octanol–water partition coefficient (Wildman–Crippen LogP) is 6.22. The first kappa shape index (κ1) is 23.1. The zero-order chi connectivity index (χ0) is 24.8. The lowest BCUT2D eigenvalue weighted by Gasteiger charge is -2.39. The van der Waals surface area contributed by atoms with Crippen molar-refractivity contribution in [3.8, 4) is 5.75 Å². The second-order valence-electron chi connectivity index (χ2n) is 10.3. The van der Waals surface area contributed by atoms with Crippen LogP contribution in [0.15, 0.2) is 71.9 Å². The third-order valence-electron chi connectivity index (χ3n) is 8.77. The van der Waals surface area contributed by atoms with Crippen molar-refractivity contribution < 1.29 is 19.2 Å². The van der Waals surface area contributed by atoms with E-state index in [-0.39, 0.29) is 16.7 Å². The van der Waals surface area contributed by atoms with E-state index in [2.05, 4.69) is 31.2 Å². The Morgan fingerprint density at radius 1 is 0.914 bits per heavy atom. The number of anilines is 1. The van der Waals surface area contributed by atoms with Crippen molar-refractivity contribution >= 4 is 34.0 Å². The van der Waals surface area contributed by atoms with Crippen LogP contribution in [0.4, 0.5) is 5.69 Å². The van der Waals surface area contributed by atoms with Gasteiger partial charge in [-0.3, -0.25) is 4.79 Å². The number of methoxy groups -OCH3 is 1. The molecule has 2 saturated carbocycles. The summed E-state index contributed by atoms with van der Waals surface area (Å²) >= 11 is 0. The first-order valence-electron chi connectivity index (χ1n) is 11.9. The summed E-state index contributed by atoms with van der Waals surface area (Å²) in [4.78, 5) is 31.9. The van der Waals surface area contributed by atoms with Gasteiger partial charge in [0.25, 0.3) is 0 Å². The number of amides is 1. The van der Waals surface area contributed by atoms with Gasteiger partial charge in [0.1, 0.15) is 5.75 Å². The minimum atomic E-state index is -0.635. The van der Waals surface area contributed by atoms with Crippen molar-refractivity contribution in [3.63, 3.8) is 0 Å². The molecule has 0 aromatic heterocycles. The highest BCUT2D eigenvalue weighted by atomic mass is 16.7. The third kappa shape index (κ3) is 3.42. The average molecular weight is 471 g/mol. The van der Waals surface area contributed by atoms with Crippen molar-refractivity contribution in [2.45, 2.75) is 40.0 Å². The molecule has 1 amide bonds. The van der Waals surface area contributed by atoms with Gasteiger partial charge in [0.05, 0.1) is 23.8 Å². The van der Waals surface area contributed by atoms with Crippen LogP contribution in [0.2, 0.25) is 0 Å². The van der Waals surface area contributed by atoms with E-state index in [0.717, 1.165) is 35.0 Å². The number of hydrogen-bond donors (Lipinski definition) is 1. The van der Waals surface area contributed by atoms with Crippen LogP contribution in [0.1, 0.15) is 50.4 Å². The molecule has 2 atom stereocenters. The minimum Gasteiger partial charge on any atom is -0.497 e. The number of oxime groups is 1. The van der Waals surface area contributed by atoms with Gasteiger partial charge in [-0.1, -0.05) is 62.3 Å². The normalized spacial score (nSPS) is 25.5. The van der Waals surface area contributed by atoms with E-state index in [1.165, 1.54) is 0 Å². The van der Waals surface area contributed by atoms with Crippen molar-refractivity contribution in [2.24, 2.45) is 21.4 Å². The van der Waals surface area contributed by atoms with Crippen molar-refractivity contribution in [1.29, 1.82) is 0 Å². The summed E-state index contributed by atoms with van der Waals surface area (Å²) in [6.07, 6.45) is 2.03. The highest BCUT2D eigenvalue weighted by Gasteiger charge is 2.71. The number of fused-ring (bicyclic) bond motifs is 3. The number of carbonyl (C=O) groups excluding carboxylic acids is 2. The van der Waals surface area contributed by atoms with Crippen molar-refractivity contribution in [3.05, 3.63) is 72.3 Å². The second-order valence-corrected chi connectivity index (χ2v) is 10.3. The van der Waals surface area contributed by atoms with Gasteiger partial charge in [-0.15, -0.1) is 0 Å². The molecule has 2 aliphatic rings. The van der Waals surface area contributed by atoms with Crippen molar-refractivity contribution in [2.75, 3.05) is 12.4 Å². The van der Waals surface area contributed by atoms with E-state index >= 15 is 0 Å². The number of benzene rings is 3. The molecule has 2 bridgehead atoms. The highest BCUT2D eigenvalue weighted by Crippen LogP contribution is 2.71. The Balaban J connectivity index is 1.41. The van der Waals surface area contributed by atoms with Crippen LogP contribution in [0.25, 0.3) is 10.8 Å². The lowest BCUT2D eigenvalue weighted by molar-refractivity contribution is -0.130. The van der Waals surface area contributed by atoms with E-state index in [9.17, 15) is 9.59 Å². The predicted molar refractivity (Wildman–Crippen MR) is 137 cm³/mol. The monoisotopic (exact) mass is 470 g/mol. The van der Waals surface area contributed by atoms with Crippen molar-refractivity contribution in [1.82, 2.24) is 0 Å². The molecule has 0 saturated heterocycles. The maximum atomic E-state index is 13.9. The van der Waals surface area contributed by atoms with E-state index in [1.54, 1.807) is 31.4 Å². The van der Waals surface area contributed by atoms with Gasteiger partial charge in [0.15, 0.2) is 0 Å². The smallest absolute Gasteiger partial charge is 0.365 e. The maximum Gasteiger partial charge on any atom is 0.365 e. The van der Waals surface area contributed by atoms with Gasteiger partial charge in [-0.2, -0.15) is 0 Å². The summed E-state index contributed by atoms with van der Waals surface area (Å²) in [7, 11) is 1.57. The zero-order valence-electron chi connectivity index (χ0n) is 20.6. The summed E-state index contributed by atoms with van der Waals surface area (Å²) in [5.41, 5.74) is 0.630. The molecule has 6 heteroatoms. The number of nitrogens with zero attached hydrogens (tertiary/aromatic N) is 1. The Labute approximate surface area is 205 Å². The molecule has 1 N–H and O–H groups in total. The Bertz CT molecular complexity index is 1340. The standard InChI is InChI=1S/C29H30N2O4/c1-27(2)28(3)16-17-29(27,26(33)30-23-11-7-9-19-8-5-6-10-22(19)23)18-24(28)31-35-25(32)20-12-14-21(34-4)15-13-20/h5-15H,16-18H2,1-4H3,(H,30,33). The lowest BCUT2D eigenvalue weighted by atomic mass is 9.64. The molecular formula is C29H30N2O4. The molecule has 180 valence electrons. The van der Waals surface area contributed by atoms with Crippen LogP contribution in [0, 0.1) is 16.2 Å². The van der Waals surface area contributed by atoms with Crippen LogP contribution < -0.4 is 10.1 Å². The topological polar surface area (TPSA) is 77.0 Å². The summed E-state index contributed by atoms with van der Waals surface area (Å²) in [6, 6.07) is 20.7. The van der Waals surface area contributed by atoms with Crippen LogP contribution in [0.5, 0.6) is 5.75 Å². The van der Waals surface area contributed by atoms with E-state index in [0.29, 0.717) is 17.7 Å². The van der Waals surface area contributed by atoms with Gasteiger partial charge < -0.3 is 14.9 Å². The summed E-state index contributed by atoms with van der Waals surface area (Å²) < 4.78 is 5.14. The van der Waals surface area contributed by atoms with Crippen LogP contribution in [0.3, 0.4) is 0 Å². The van der Waals surface area contributed by atoms with Gasteiger partial charge in [0, 0.05) is 22.9 Å². The fourth-order valence-electron chi connectivity index (χ4n) is 5.98. The number of hydrogen-bond acceptors (Lipinski definition) is 5. The van der Waals surface area contributed by atoms with Gasteiger partial charge in [-0.25, -0.2) is 4.79 Å². The molecule has 3 aromatic rings. The van der Waals surface area contributed by atoms with Gasteiger partial charge >= 0.3 is 5.97 Å². The summed E-state index contributed by atoms with van der Waals surface area (Å²) in [5.74, 6) is 0.127.